The lowest BCUT2D eigenvalue weighted by Gasteiger charge is -2.19. The first kappa shape index (κ1) is 27.6. The van der Waals surface area contributed by atoms with E-state index in [0.29, 0.717) is 23.4 Å². The van der Waals surface area contributed by atoms with Crippen molar-refractivity contribution in [2.24, 2.45) is 5.84 Å². The smallest absolute Gasteiger partial charge is 0.326 e. The van der Waals surface area contributed by atoms with Crippen LogP contribution in [0.5, 0.6) is 0 Å². The molecular formula is C21H28N10O5. The molecule has 15 heteroatoms. The summed E-state index contributed by atoms with van der Waals surface area (Å²) in [5.74, 6) is 1.69. The summed E-state index contributed by atoms with van der Waals surface area (Å²) in [6, 6.07) is 5.16. The first-order valence-corrected chi connectivity index (χ1v) is 10.5. The Labute approximate surface area is 205 Å². The molecular weight excluding hydrogens is 472 g/mol. The molecule has 15 nitrogen and oxygen atoms in total. The van der Waals surface area contributed by atoms with Crippen LogP contribution in [0.2, 0.25) is 0 Å². The van der Waals surface area contributed by atoms with E-state index < -0.39 is 23.9 Å². The van der Waals surface area contributed by atoms with Crippen LogP contribution in [0.25, 0.3) is 11.2 Å². The van der Waals surface area contributed by atoms with Crippen molar-refractivity contribution in [2.45, 2.75) is 25.4 Å². The van der Waals surface area contributed by atoms with Gasteiger partial charge in [-0.25, -0.2) is 14.8 Å². The molecule has 3 aromatic rings. The molecule has 36 heavy (non-hydrogen) atoms. The Hall–Kier alpha value is -4.63. The predicted molar refractivity (Wildman–Crippen MR) is 132 cm³/mol. The van der Waals surface area contributed by atoms with Crippen LogP contribution in [-0.2, 0) is 16.1 Å². The third-order valence-electron chi connectivity index (χ3n) is 4.72. The molecule has 2 aromatic heterocycles. The molecule has 0 radical (unpaired) electrons. The second-order valence-corrected chi connectivity index (χ2v) is 7.49. The summed E-state index contributed by atoms with van der Waals surface area (Å²) >= 11 is 0. The van der Waals surface area contributed by atoms with E-state index in [9.17, 15) is 19.5 Å². The van der Waals surface area contributed by atoms with Gasteiger partial charge in [-0.05, 0) is 37.7 Å². The van der Waals surface area contributed by atoms with Crippen molar-refractivity contribution in [3.63, 3.8) is 0 Å². The molecule has 0 bridgehead atoms. The topological polar surface area (TPSA) is 249 Å². The Kier molecular flexibility index (Phi) is 9.76. The molecule has 0 aliphatic heterocycles. The largest absolute Gasteiger partial charge is 0.481 e. The normalized spacial score (nSPS) is 11.2. The lowest BCUT2D eigenvalue weighted by molar-refractivity contribution is -0.140. The highest BCUT2D eigenvalue weighted by molar-refractivity contribution is 5.97. The summed E-state index contributed by atoms with van der Waals surface area (Å²) in [7, 11) is 3.47. The number of nitrogen functional groups attached to an aromatic ring is 2. The highest BCUT2D eigenvalue weighted by Gasteiger charge is 2.21. The van der Waals surface area contributed by atoms with Crippen molar-refractivity contribution < 1.29 is 24.6 Å². The van der Waals surface area contributed by atoms with E-state index >= 15 is 0 Å². The number of hydrogen-bond acceptors (Lipinski definition) is 12. The van der Waals surface area contributed by atoms with Crippen LogP contribution in [0.1, 0.15) is 28.9 Å². The Morgan fingerprint density at radius 3 is 2.31 bits per heavy atom. The van der Waals surface area contributed by atoms with Crippen molar-refractivity contribution in [3.05, 3.63) is 41.7 Å². The van der Waals surface area contributed by atoms with Gasteiger partial charge in [0.2, 0.25) is 5.95 Å². The number of aliphatic carboxylic acids is 2. The second-order valence-electron chi connectivity index (χ2n) is 7.49. The van der Waals surface area contributed by atoms with Gasteiger partial charge in [0.25, 0.3) is 5.91 Å². The van der Waals surface area contributed by atoms with Gasteiger partial charge in [-0.1, -0.05) is 0 Å². The molecule has 0 saturated heterocycles. The van der Waals surface area contributed by atoms with E-state index in [-0.39, 0.29) is 30.2 Å². The van der Waals surface area contributed by atoms with Crippen LogP contribution in [0.15, 0.2) is 30.5 Å². The number of carboxylic acid groups (broad SMARTS) is 2. The number of carbonyl (C=O) groups excluding carboxylic acids is 1. The Balaban J connectivity index is 0.00000145. The zero-order valence-corrected chi connectivity index (χ0v) is 19.7. The maximum atomic E-state index is 12.4. The number of amides is 1. The first-order valence-electron chi connectivity index (χ1n) is 10.5. The maximum Gasteiger partial charge on any atom is 0.326 e. The van der Waals surface area contributed by atoms with Gasteiger partial charge in [-0.15, -0.1) is 0 Å². The monoisotopic (exact) mass is 500 g/mol. The van der Waals surface area contributed by atoms with E-state index in [4.69, 9.17) is 16.6 Å². The third kappa shape index (κ3) is 7.71. The van der Waals surface area contributed by atoms with E-state index in [1.54, 1.807) is 25.4 Å². The van der Waals surface area contributed by atoms with E-state index in [2.05, 4.69) is 36.5 Å². The molecule has 3 rings (SSSR count). The molecule has 1 aromatic carbocycles. The number of nitrogens with one attached hydrogen (secondary N) is 2. The molecule has 0 fully saturated rings. The number of nitrogens with two attached hydrogens (primary N) is 3. The molecule has 0 aliphatic rings. The second kappa shape index (κ2) is 12.7. The van der Waals surface area contributed by atoms with E-state index in [1.165, 1.54) is 12.1 Å². The van der Waals surface area contributed by atoms with Gasteiger partial charge >= 0.3 is 11.9 Å². The van der Waals surface area contributed by atoms with Crippen LogP contribution in [0.3, 0.4) is 0 Å². The van der Waals surface area contributed by atoms with Gasteiger partial charge < -0.3 is 31.9 Å². The fraction of sp³-hybridized carbons (Fsp3) is 0.286. The third-order valence-corrected chi connectivity index (χ3v) is 4.72. The number of fused-ring (bicyclic) bond motifs is 1. The molecule has 0 spiro atoms. The number of benzene rings is 1. The van der Waals surface area contributed by atoms with Crippen molar-refractivity contribution in [2.75, 3.05) is 30.5 Å². The fourth-order valence-electron chi connectivity index (χ4n) is 3.03. The summed E-state index contributed by atoms with van der Waals surface area (Å²) in [5, 5.41) is 20.2. The number of hydrazine groups is 1. The van der Waals surface area contributed by atoms with Crippen LogP contribution in [0.4, 0.5) is 17.5 Å². The lowest BCUT2D eigenvalue weighted by atomic mass is 10.1. The summed E-state index contributed by atoms with van der Waals surface area (Å²) in [4.78, 5) is 52.7. The Morgan fingerprint density at radius 1 is 1.08 bits per heavy atom. The molecule has 2 heterocycles. The van der Waals surface area contributed by atoms with E-state index in [1.807, 2.05) is 11.9 Å². The standard InChI is InChI=1S/C20H22N8O5.CH6N2/c1-28(9-11-8-23-17-15(24-11)16(21)26-20(22)27-17)12-4-2-10(3-5-12)18(31)25-13(19(32)33)6-7-14(29)30;1-3-2/h2-5,8,13H,6-7,9H2,1H3,(H,25,31)(H,29,30)(H,32,33)(H4,21,22,23,26,27);3H,2H2,1H3/t13-;/m0./s1. The molecule has 192 valence electrons. The lowest BCUT2D eigenvalue weighted by Crippen LogP contribution is -2.41. The van der Waals surface area contributed by atoms with Crippen LogP contribution >= 0.6 is 0 Å². The SMILES string of the molecule is CN(Cc1cnc2nc(N)nc(N)c2n1)c1ccc(C(=O)N[C@@H](CCC(=O)O)C(=O)O)cc1.CNN. The predicted octanol–water partition coefficient (Wildman–Crippen LogP) is -0.652. The van der Waals surface area contributed by atoms with Crippen molar-refractivity contribution in [1.82, 2.24) is 30.7 Å². The number of hydrogen-bond donors (Lipinski definition) is 7. The number of carbonyl (C=O) groups is 3. The molecule has 0 aliphatic carbocycles. The summed E-state index contributed by atoms with van der Waals surface area (Å²) in [6.07, 6.45) is 0.964. The quantitative estimate of drug-likeness (QED) is 0.142. The minimum absolute atomic E-state index is 0.0138. The Morgan fingerprint density at radius 2 is 1.72 bits per heavy atom. The van der Waals surface area contributed by atoms with Gasteiger partial charge in [0.15, 0.2) is 17.0 Å². The summed E-state index contributed by atoms with van der Waals surface area (Å²) < 4.78 is 0. The number of nitrogens with zero attached hydrogens (tertiary/aromatic N) is 5. The van der Waals surface area contributed by atoms with Gasteiger partial charge in [0.1, 0.15) is 6.04 Å². The van der Waals surface area contributed by atoms with Crippen molar-refractivity contribution in [3.8, 4) is 0 Å². The maximum absolute atomic E-state index is 12.4. The van der Waals surface area contributed by atoms with Crippen molar-refractivity contribution in [1.29, 1.82) is 0 Å². The summed E-state index contributed by atoms with van der Waals surface area (Å²) in [5.41, 5.74) is 15.9. The number of aromatic nitrogens is 4. The number of rotatable bonds is 9. The average Bonchev–Trinajstić information content (AvgIpc) is 2.82. The van der Waals surface area contributed by atoms with Crippen LogP contribution in [0, 0.1) is 0 Å². The van der Waals surface area contributed by atoms with Crippen LogP contribution in [-0.4, -0.2) is 68.1 Å². The first-order chi connectivity index (χ1) is 17.0. The minimum atomic E-state index is -1.30. The molecule has 0 saturated carbocycles. The fourth-order valence-corrected chi connectivity index (χ4v) is 3.03. The minimum Gasteiger partial charge on any atom is -0.481 e. The van der Waals surface area contributed by atoms with Gasteiger partial charge in [-0.3, -0.25) is 20.9 Å². The summed E-state index contributed by atoms with van der Waals surface area (Å²) in [6.45, 7) is 0.370. The molecule has 1 amide bonds. The highest BCUT2D eigenvalue weighted by Crippen LogP contribution is 2.19. The van der Waals surface area contributed by atoms with Gasteiger partial charge in [-0.2, -0.15) is 9.97 Å². The number of carboxylic acids is 2. The zero-order chi connectivity index (χ0) is 26.8. The van der Waals surface area contributed by atoms with Gasteiger partial charge in [0, 0.05) is 24.7 Å². The van der Waals surface area contributed by atoms with Crippen molar-refractivity contribution >= 4 is 46.5 Å². The number of anilines is 3. The molecule has 10 N–H and O–H groups in total. The molecule has 1 atom stereocenters. The Bertz CT molecular complexity index is 1220. The van der Waals surface area contributed by atoms with Crippen LogP contribution < -0.4 is 33.0 Å². The highest BCUT2D eigenvalue weighted by atomic mass is 16.4. The zero-order valence-electron chi connectivity index (χ0n) is 19.7. The molecule has 0 unspecified atom stereocenters. The van der Waals surface area contributed by atoms with Gasteiger partial charge in [0.05, 0.1) is 18.4 Å². The average molecular weight is 501 g/mol. The van der Waals surface area contributed by atoms with E-state index in [0.717, 1.165) is 5.69 Å².